The number of benzene rings is 2. The summed E-state index contributed by atoms with van der Waals surface area (Å²) in [6, 6.07) is 13.3. The lowest BCUT2D eigenvalue weighted by Crippen LogP contribution is -2.47. The van der Waals surface area contributed by atoms with E-state index in [1.54, 1.807) is 62.4 Å². The number of rotatable bonds is 14. The number of allylic oxidation sites excluding steroid dienone is 1. The van der Waals surface area contributed by atoms with E-state index in [-0.39, 0.29) is 24.1 Å². The summed E-state index contributed by atoms with van der Waals surface area (Å²) in [5.41, 5.74) is -0.136. The number of hydrogen-bond acceptors (Lipinski definition) is 5. The van der Waals surface area contributed by atoms with Crippen LogP contribution in [0.5, 0.6) is 5.75 Å². The minimum Gasteiger partial charge on any atom is -0.478 e. The Morgan fingerprint density at radius 3 is 2.08 bits per heavy atom. The van der Waals surface area contributed by atoms with E-state index >= 15 is 0 Å². The number of halogens is 1. The summed E-state index contributed by atoms with van der Waals surface area (Å²) in [6.07, 6.45) is 5.08. The molecular weight excluding hydrogens is 480 g/mol. The first-order chi connectivity index (χ1) is 17.1. The Morgan fingerprint density at radius 2 is 1.50 bits per heavy atom. The number of aliphatic hydroxyl groups is 1. The van der Waals surface area contributed by atoms with Crippen LogP contribution in [0.15, 0.2) is 60.7 Å². The monoisotopic (exact) mass is 514 g/mol. The van der Waals surface area contributed by atoms with E-state index in [2.05, 4.69) is 10.6 Å². The zero-order valence-corrected chi connectivity index (χ0v) is 21.8. The lowest BCUT2D eigenvalue weighted by molar-refractivity contribution is -0.134. The third kappa shape index (κ3) is 9.84. The third-order valence-electron chi connectivity index (χ3n) is 5.41. The molecule has 0 aliphatic carbocycles. The van der Waals surface area contributed by atoms with Gasteiger partial charge in [-0.15, -0.1) is 0 Å². The maximum absolute atomic E-state index is 12.6. The van der Waals surface area contributed by atoms with Gasteiger partial charge in [-0.05, 0) is 81.6 Å². The highest BCUT2D eigenvalue weighted by atomic mass is 35.5. The quantitative estimate of drug-likeness (QED) is 0.255. The number of carbonyl (C=O) groups is 3. The maximum Gasteiger partial charge on any atom is 0.263 e. The molecule has 0 heterocycles. The Hall–Kier alpha value is -3.16. The molecule has 0 radical (unpaired) electrons. The molecule has 0 fully saturated rings. The van der Waals surface area contributed by atoms with Crippen LogP contribution in [0.25, 0.3) is 0 Å². The Labute approximate surface area is 217 Å². The summed E-state index contributed by atoms with van der Waals surface area (Å²) in [4.78, 5) is 36.9. The second kappa shape index (κ2) is 14.4. The lowest BCUT2D eigenvalue weighted by atomic mass is 10.0. The van der Waals surface area contributed by atoms with Gasteiger partial charge in [0.1, 0.15) is 5.75 Å². The van der Waals surface area contributed by atoms with Gasteiger partial charge in [0.25, 0.3) is 5.91 Å². The molecule has 0 saturated carbocycles. The van der Waals surface area contributed by atoms with Crippen LogP contribution in [0.3, 0.4) is 0 Å². The molecule has 194 valence electrons. The van der Waals surface area contributed by atoms with Crippen molar-refractivity contribution in [2.24, 2.45) is 0 Å². The Bertz CT molecular complexity index is 1030. The molecule has 8 heteroatoms. The van der Waals surface area contributed by atoms with E-state index in [4.69, 9.17) is 16.3 Å². The number of ketones is 1. The summed E-state index contributed by atoms with van der Waals surface area (Å²) in [7, 11) is 0. The highest BCUT2D eigenvalue weighted by molar-refractivity contribution is 6.30. The second-order valence-corrected chi connectivity index (χ2v) is 9.33. The predicted molar refractivity (Wildman–Crippen MR) is 141 cm³/mol. The van der Waals surface area contributed by atoms with Gasteiger partial charge in [0, 0.05) is 35.7 Å². The number of aliphatic hydroxyl groups excluding tert-OH is 1. The van der Waals surface area contributed by atoms with Crippen molar-refractivity contribution in [3.8, 4) is 5.75 Å². The minimum atomic E-state index is -1.16. The van der Waals surface area contributed by atoms with Crippen LogP contribution >= 0.6 is 11.6 Å². The van der Waals surface area contributed by atoms with Crippen LogP contribution in [-0.2, 0) is 9.59 Å². The number of ether oxygens (including phenoxy) is 1. The van der Waals surface area contributed by atoms with Crippen molar-refractivity contribution in [1.82, 2.24) is 10.6 Å². The van der Waals surface area contributed by atoms with Gasteiger partial charge in [0.15, 0.2) is 11.4 Å². The first kappa shape index (κ1) is 29.1. The smallest absolute Gasteiger partial charge is 0.263 e. The average Bonchev–Trinajstić information content (AvgIpc) is 2.84. The molecule has 0 spiro atoms. The zero-order chi connectivity index (χ0) is 26.6. The van der Waals surface area contributed by atoms with Gasteiger partial charge in [-0.3, -0.25) is 14.4 Å². The molecule has 0 bridgehead atoms. The number of nitrogens with one attached hydrogen (secondary N) is 2. The SMILES string of the molecule is CC/C=C\CC(=O)NCCC(O)CCNC(=O)C(C)(C)Oc1ccc(C(=O)c2ccc(Cl)cc2)cc1. The van der Waals surface area contributed by atoms with Crippen molar-refractivity contribution in [2.75, 3.05) is 13.1 Å². The molecule has 2 aromatic carbocycles. The van der Waals surface area contributed by atoms with Crippen LogP contribution in [-0.4, -0.2) is 47.5 Å². The fourth-order valence-electron chi connectivity index (χ4n) is 3.30. The summed E-state index contributed by atoms with van der Waals surface area (Å²) < 4.78 is 5.85. The van der Waals surface area contributed by atoms with Gasteiger partial charge in [0.05, 0.1) is 6.10 Å². The Morgan fingerprint density at radius 1 is 0.944 bits per heavy atom. The molecule has 7 nitrogen and oxygen atoms in total. The van der Waals surface area contributed by atoms with Crippen LogP contribution in [0.2, 0.25) is 5.02 Å². The normalized spacial score (nSPS) is 12.2. The number of hydrogen-bond donors (Lipinski definition) is 3. The van der Waals surface area contributed by atoms with E-state index in [1.807, 2.05) is 19.1 Å². The topological polar surface area (TPSA) is 105 Å². The van der Waals surface area contributed by atoms with Gasteiger partial charge in [-0.2, -0.15) is 0 Å². The highest BCUT2D eigenvalue weighted by Crippen LogP contribution is 2.21. The van der Waals surface area contributed by atoms with Crippen molar-refractivity contribution in [3.63, 3.8) is 0 Å². The van der Waals surface area contributed by atoms with Gasteiger partial charge in [-0.1, -0.05) is 30.7 Å². The minimum absolute atomic E-state index is 0.0820. The van der Waals surface area contributed by atoms with Crippen molar-refractivity contribution in [1.29, 1.82) is 0 Å². The Balaban J connectivity index is 1.75. The molecule has 2 amide bonds. The fraction of sp³-hybridized carbons (Fsp3) is 0.393. The standard InChI is InChI=1S/C28H35ClN2O5/c1-4-5-6-7-25(33)30-18-16-23(32)17-19-31-27(35)28(2,3)36-24-14-10-21(11-15-24)26(34)20-8-12-22(29)13-9-20/h5-6,8-15,23,32H,4,7,16-19H2,1-3H3,(H,30,33)(H,31,35)/b6-5-. The van der Waals surface area contributed by atoms with E-state index < -0.39 is 11.7 Å². The lowest BCUT2D eigenvalue weighted by Gasteiger charge is -2.25. The van der Waals surface area contributed by atoms with Crippen LogP contribution < -0.4 is 15.4 Å². The average molecular weight is 515 g/mol. The molecule has 2 aromatic rings. The molecule has 36 heavy (non-hydrogen) atoms. The summed E-state index contributed by atoms with van der Waals surface area (Å²) in [6.45, 7) is 5.94. The molecule has 1 atom stereocenters. The zero-order valence-electron chi connectivity index (χ0n) is 21.1. The summed E-state index contributed by atoms with van der Waals surface area (Å²) in [5.74, 6) is -0.0949. The van der Waals surface area contributed by atoms with E-state index in [1.165, 1.54) is 0 Å². The molecule has 0 aromatic heterocycles. The maximum atomic E-state index is 12.6. The molecule has 0 aliphatic heterocycles. The summed E-state index contributed by atoms with van der Waals surface area (Å²) >= 11 is 5.88. The van der Waals surface area contributed by atoms with Crippen LogP contribution in [0.1, 0.15) is 62.4 Å². The van der Waals surface area contributed by atoms with Crippen LogP contribution in [0, 0.1) is 0 Å². The van der Waals surface area contributed by atoms with Gasteiger partial charge >= 0.3 is 0 Å². The first-order valence-corrected chi connectivity index (χ1v) is 12.5. The second-order valence-electron chi connectivity index (χ2n) is 8.89. The van der Waals surface area contributed by atoms with Crippen molar-refractivity contribution >= 4 is 29.2 Å². The first-order valence-electron chi connectivity index (χ1n) is 12.1. The number of amides is 2. The number of carbonyl (C=O) groups excluding carboxylic acids is 3. The van der Waals surface area contributed by atoms with Crippen molar-refractivity contribution < 1.29 is 24.2 Å². The van der Waals surface area contributed by atoms with Crippen molar-refractivity contribution in [3.05, 3.63) is 76.8 Å². The highest BCUT2D eigenvalue weighted by Gasteiger charge is 2.29. The molecule has 0 saturated heterocycles. The van der Waals surface area contributed by atoms with Gasteiger partial charge in [-0.25, -0.2) is 0 Å². The van der Waals surface area contributed by atoms with Gasteiger partial charge in [0.2, 0.25) is 5.91 Å². The molecule has 2 rings (SSSR count). The molecule has 0 aliphatic rings. The predicted octanol–water partition coefficient (Wildman–Crippen LogP) is 4.46. The third-order valence-corrected chi connectivity index (χ3v) is 5.66. The van der Waals surface area contributed by atoms with E-state index in [0.717, 1.165) is 6.42 Å². The summed E-state index contributed by atoms with van der Waals surface area (Å²) in [5, 5.41) is 16.2. The molecule has 3 N–H and O–H groups in total. The van der Waals surface area contributed by atoms with Crippen molar-refractivity contribution in [2.45, 2.75) is 58.2 Å². The Kier molecular flexibility index (Phi) is 11.6. The largest absolute Gasteiger partial charge is 0.478 e. The van der Waals surface area contributed by atoms with Crippen LogP contribution in [0.4, 0.5) is 0 Å². The van der Waals surface area contributed by atoms with E-state index in [9.17, 15) is 19.5 Å². The molecule has 1 unspecified atom stereocenters. The van der Waals surface area contributed by atoms with Gasteiger partial charge < -0.3 is 20.5 Å². The van der Waals surface area contributed by atoms with E-state index in [0.29, 0.717) is 47.7 Å². The molecular formula is C28H35ClN2O5. The fourth-order valence-corrected chi connectivity index (χ4v) is 3.43.